The van der Waals surface area contributed by atoms with E-state index in [0.29, 0.717) is 12.0 Å². The number of hydrogen-bond donors (Lipinski definition) is 0. The average molecular weight is 152 g/mol. The summed E-state index contributed by atoms with van der Waals surface area (Å²) in [7, 11) is 0. The lowest BCUT2D eigenvalue weighted by Gasteiger charge is -2.31. The van der Waals surface area contributed by atoms with Crippen LogP contribution in [0.3, 0.4) is 0 Å². The summed E-state index contributed by atoms with van der Waals surface area (Å²) in [4.78, 5) is 0. The van der Waals surface area contributed by atoms with Gasteiger partial charge in [0, 0.05) is 5.92 Å². The van der Waals surface area contributed by atoms with Crippen molar-refractivity contribution >= 4 is 0 Å². The summed E-state index contributed by atoms with van der Waals surface area (Å²) in [5.41, 5.74) is 0. The lowest BCUT2D eigenvalue weighted by atomic mass is 9.93. The highest BCUT2D eigenvalue weighted by Crippen LogP contribution is 2.25. The minimum absolute atomic E-state index is 0.265. The van der Waals surface area contributed by atoms with Gasteiger partial charge in [0.15, 0.2) is 0 Å². The fourth-order valence-corrected chi connectivity index (χ4v) is 1.52. The van der Waals surface area contributed by atoms with Crippen LogP contribution >= 0.6 is 0 Å². The Bertz CT molecular complexity index is 151. The molecule has 0 radical (unpaired) electrons. The van der Waals surface area contributed by atoms with E-state index < -0.39 is 0 Å². The molecule has 1 heteroatoms. The normalized spacial score (nSPS) is 38.1. The summed E-state index contributed by atoms with van der Waals surface area (Å²) in [5.74, 6) is 0.534. The minimum atomic E-state index is 0.265. The van der Waals surface area contributed by atoms with Crippen LogP contribution in [0, 0.1) is 5.92 Å². The van der Waals surface area contributed by atoms with E-state index in [1.165, 1.54) is 6.42 Å². The van der Waals surface area contributed by atoms with Crippen molar-refractivity contribution in [1.29, 1.82) is 0 Å². The first-order valence-electron chi connectivity index (χ1n) is 4.18. The first-order valence-corrected chi connectivity index (χ1v) is 4.18. The molecule has 0 spiro atoms. The van der Waals surface area contributed by atoms with Crippen molar-refractivity contribution in [2.24, 2.45) is 5.92 Å². The highest BCUT2D eigenvalue weighted by Gasteiger charge is 2.23. The molecule has 1 heterocycles. The van der Waals surface area contributed by atoms with Gasteiger partial charge in [-0.1, -0.05) is 12.2 Å². The van der Waals surface area contributed by atoms with Gasteiger partial charge < -0.3 is 4.74 Å². The highest BCUT2D eigenvalue weighted by molar-refractivity contribution is 4.92. The molecule has 0 N–H and O–H groups in total. The molecule has 1 fully saturated rings. The van der Waals surface area contributed by atoms with Gasteiger partial charge in [0.25, 0.3) is 0 Å². The fraction of sp³-hybridized carbons (Fsp3) is 0.600. The number of rotatable bonds is 2. The molecule has 0 amide bonds. The zero-order chi connectivity index (χ0) is 8.27. The van der Waals surface area contributed by atoms with Crippen molar-refractivity contribution < 1.29 is 4.74 Å². The van der Waals surface area contributed by atoms with Gasteiger partial charge in [-0.25, -0.2) is 0 Å². The number of ether oxygens (including phenoxy) is 1. The molecule has 1 saturated heterocycles. The molecule has 1 nitrogen and oxygen atoms in total. The van der Waals surface area contributed by atoms with Crippen molar-refractivity contribution in [3.05, 3.63) is 25.3 Å². The fourth-order valence-electron chi connectivity index (χ4n) is 1.52. The van der Waals surface area contributed by atoms with Gasteiger partial charge in [-0.05, 0) is 19.8 Å². The van der Waals surface area contributed by atoms with E-state index in [-0.39, 0.29) is 6.10 Å². The third-order valence-electron chi connectivity index (χ3n) is 2.34. The van der Waals surface area contributed by atoms with Crippen LogP contribution in [-0.2, 0) is 4.74 Å². The van der Waals surface area contributed by atoms with Crippen LogP contribution in [0.4, 0.5) is 0 Å². The molecule has 1 aliphatic heterocycles. The molecule has 0 unspecified atom stereocenters. The first-order chi connectivity index (χ1) is 5.27. The highest BCUT2D eigenvalue weighted by atomic mass is 16.5. The van der Waals surface area contributed by atoms with Crippen LogP contribution < -0.4 is 0 Å². The summed E-state index contributed by atoms with van der Waals surface area (Å²) in [5, 5.41) is 0. The lowest BCUT2D eigenvalue weighted by Crippen LogP contribution is -2.30. The molecule has 1 rings (SSSR count). The molecule has 11 heavy (non-hydrogen) atoms. The van der Waals surface area contributed by atoms with E-state index in [4.69, 9.17) is 4.74 Å². The predicted octanol–water partition coefficient (Wildman–Crippen LogP) is 2.54. The Kier molecular flexibility index (Phi) is 2.89. The Morgan fingerprint density at radius 2 is 2.00 bits per heavy atom. The summed E-state index contributed by atoms with van der Waals surface area (Å²) >= 11 is 0. The van der Waals surface area contributed by atoms with E-state index in [2.05, 4.69) is 20.1 Å². The summed E-state index contributed by atoms with van der Waals surface area (Å²) < 4.78 is 5.65. The van der Waals surface area contributed by atoms with Crippen molar-refractivity contribution in [3.8, 4) is 0 Å². The number of hydrogen-bond acceptors (Lipinski definition) is 1. The maximum absolute atomic E-state index is 5.65. The maximum atomic E-state index is 5.65. The van der Waals surface area contributed by atoms with E-state index in [0.717, 1.165) is 6.42 Å². The summed E-state index contributed by atoms with van der Waals surface area (Å²) in [6, 6.07) is 0. The standard InChI is InChI=1S/C10H16O/c1-4-9-6-7-10(5-2)11-8(9)3/h4-5,8-10H,1-2,6-7H2,3H3/t8-,9-,10+/m0/s1. The topological polar surface area (TPSA) is 9.23 Å². The second-order valence-electron chi connectivity index (χ2n) is 3.09. The molecule has 0 aliphatic carbocycles. The Morgan fingerprint density at radius 1 is 1.27 bits per heavy atom. The second kappa shape index (κ2) is 3.72. The van der Waals surface area contributed by atoms with E-state index in [9.17, 15) is 0 Å². The molecule has 1 aliphatic rings. The van der Waals surface area contributed by atoms with Crippen molar-refractivity contribution in [3.63, 3.8) is 0 Å². The van der Waals surface area contributed by atoms with Crippen LogP contribution in [0.15, 0.2) is 25.3 Å². The molecule has 0 saturated carbocycles. The Hall–Kier alpha value is -0.560. The lowest BCUT2D eigenvalue weighted by molar-refractivity contribution is -0.0375. The molecule has 0 bridgehead atoms. The minimum Gasteiger partial charge on any atom is -0.371 e. The average Bonchev–Trinajstić information content (AvgIpc) is 2.04. The van der Waals surface area contributed by atoms with Gasteiger partial charge in [0.05, 0.1) is 12.2 Å². The molecule has 0 aromatic rings. The Morgan fingerprint density at radius 3 is 2.45 bits per heavy atom. The third-order valence-corrected chi connectivity index (χ3v) is 2.34. The van der Waals surface area contributed by atoms with Gasteiger partial charge >= 0.3 is 0 Å². The Balaban J connectivity index is 2.46. The third kappa shape index (κ3) is 1.93. The van der Waals surface area contributed by atoms with E-state index in [1.807, 2.05) is 12.2 Å². The van der Waals surface area contributed by atoms with Gasteiger partial charge in [-0.3, -0.25) is 0 Å². The molecule has 62 valence electrons. The van der Waals surface area contributed by atoms with Gasteiger partial charge in [0.1, 0.15) is 0 Å². The zero-order valence-electron chi connectivity index (χ0n) is 7.12. The SMILES string of the molecule is C=C[C@@H]1CC[C@H](C=C)[C@H](C)O1. The van der Waals surface area contributed by atoms with Crippen molar-refractivity contribution in [2.45, 2.75) is 32.0 Å². The van der Waals surface area contributed by atoms with Crippen LogP contribution in [-0.4, -0.2) is 12.2 Å². The monoisotopic (exact) mass is 152 g/mol. The maximum Gasteiger partial charge on any atom is 0.0757 e. The summed E-state index contributed by atoms with van der Waals surface area (Å²) in [6.45, 7) is 9.60. The van der Waals surface area contributed by atoms with Crippen molar-refractivity contribution in [2.75, 3.05) is 0 Å². The second-order valence-corrected chi connectivity index (χ2v) is 3.09. The van der Waals surface area contributed by atoms with E-state index >= 15 is 0 Å². The van der Waals surface area contributed by atoms with Gasteiger partial charge in [-0.15, -0.1) is 13.2 Å². The molecular weight excluding hydrogens is 136 g/mol. The first kappa shape index (κ1) is 8.54. The Labute approximate surface area is 68.8 Å². The van der Waals surface area contributed by atoms with Crippen LogP contribution in [0.25, 0.3) is 0 Å². The molecule has 0 aromatic heterocycles. The smallest absolute Gasteiger partial charge is 0.0757 e. The molecular formula is C10H16O. The van der Waals surface area contributed by atoms with Crippen LogP contribution in [0.5, 0.6) is 0 Å². The summed E-state index contributed by atoms with van der Waals surface area (Å²) in [6.07, 6.45) is 6.72. The van der Waals surface area contributed by atoms with Gasteiger partial charge in [-0.2, -0.15) is 0 Å². The predicted molar refractivity (Wildman–Crippen MR) is 47.5 cm³/mol. The van der Waals surface area contributed by atoms with Crippen LogP contribution in [0.1, 0.15) is 19.8 Å². The van der Waals surface area contributed by atoms with E-state index in [1.54, 1.807) is 0 Å². The largest absolute Gasteiger partial charge is 0.371 e. The van der Waals surface area contributed by atoms with Crippen LogP contribution in [0.2, 0.25) is 0 Å². The molecule has 3 atom stereocenters. The van der Waals surface area contributed by atoms with Gasteiger partial charge in [0.2, 0.25) is 0 Å². The molecule has 0 aromatic carbocycles. The van der Waals surface area contributed by atoms with Crippen molar-refractivity contribution in [1.82, 2.24) is 0 Å². The quantitative estimate of drug-likeness (QED) is 0.552. The zero-order valence-corrected chi connectivity index (χ0v) is 7.12.